The number of carbonyl (C=O) groups is 1. The number of ether oxygens (including phenoxy) is 1. The number of aryl methyl sites for hydroxylation is 2. The highest BCUT2D eigenvalue weighted by atomic mass is 16.5. The molecule has 3 rings (SSSR count). The van der Waals surface area contributed by atoms with Crippen molar-refractivity contribution >= 4 is 11.8 Å². The van der Waals surface area contributed by atoms with Crippen LogP contribution in [0.2, 0.25) is 0 Å². The molecule has 2 fully saturated rings. The normalized spacial score (nSPS) is 19.3. The zero-order chi connectivity index (χ0) is 14.8. The Bertz CT molecular complexity index is 504. The highest BCUT2D eigenvalue weighted by molar-refractivity contribution is 5.75. The maximum Gasteiger partial charge on any atom is 0.317 e. The Hall–Kier alpha value is -1.89. The van der Waals surface area contributed by atoms with Crippen molar-refractivity contribution in [3.63, 3.8) is 0 Å². The van der Waals surface area contributed by atoms with Gasteiger partial charge in [0.15, 0.2) is 0 Å². The lowest BCUT2D eigenvalue weighted by molar-refractivity contribution is 0.0522. The summed E-state index contributed by atoms with van der Waals surface area (Å²) in [7, 11) is 0. The molecule has 0 aromatic carbocycles. The van der Waals surface area contributed by atoms with Crippen molar-refractivity contribution in [1.82, 2.24) is 20.2 Å². The number of nitrogens with one attached hydrogen (secondary N) is 1. The number of anilines is 1. The van der Waals surface area contributed by atoms with Crippen molar-refractivity contribution in [2.75, 3.05) is 44.3 Å². The third-order valence-electron chi connectivity index (χ3n) is 3.78. The van der Waals surface area contributed by atoms with Gasteiger partial charge in [-0.1, -0.05) is 0 Å². The van der Waals surface area contributed by atoms with Crippen LogP contribution < -0.4 is 10.2 Å². The van der Waals surface area contributed by atoms with E-state index in [-0.39, 0.29) is 12.1 Å². The number of carbonyl (C=O) groups excluding carboxylic acids is 1. The summed E-state index contributed by atoms with van der Waals surface area (Å²) in [6, 6.07) is 2.18. The van der Waals surface area contributed by atoms with Gasteiger partial charge < -0.3 is 19.9 Å². The minimum Gasteiger partial charge on any atom is -0.378 e. The number of rotatable bonds is 2. The van der Waals surface area contributed by atoms with Crippen LogP contribution in [0.4, 0.5) is 10.6 Å². The Morgan fingerprint density at radius 1 is 1.29 bits per heavy atom. The summed E-state index contributed by atoms with van der Waals surface area (Å²) in [5.74, 6) is 1.72. The van der Waals surface area contributed by atoms with E-state index in [4.69, 9.17) is 4.74 Å². The number of hydrogen-bond acceptors (Lipinski definition) is 5. The van der Waals surface area contributed by atoms with Gasteiger partial charge in [-0.2, -0.15) is 0 Å². The van der Waals surface area contributed by atoms with E-state index in [0.717, 1.165) is 30.4 Å². The molecule has 1 aromatic rings. The van der Waals surface area contributed by atoms with E-state index in [0.29, 0.717) is 26.3 Å². The molecule has 0 radical (unpaired) electrons. The number of amides is 2. The van der Waals surface area contributed by atoms with E-state index >= 15 is 0 Å². The number of nitrogens with zero attached hydrogens (tertiary/aromatic N) is 4. The van der Waals surface area contributed by atoms with Crippen molar-refractivity contribution < 1.29 is 9.53 Å². The van der Waals surface area contributed by atoms with Crippen LogP contribution in [-0.4, -0.2) is 66.3 Å². The topological polar surface area (TPSA) is 70.6 Å². The predicted octanol–water partition coefficient (Wildman–Crippen LogP) is 0.324. The van der Waals surface area contributed by atoms with E-state index in [2.05, 4.69) is 20.2 Å². The molecule has 21 heavy (non-hydrogen) atoms. The molecule has 1 N–H and O–H groups in total. The van der Waals surface area contributed by atoms with E-state index in [9.17, 15) is 4.79 Å². The highest BCUT2D eigenvalue weighted by Gasteiger charge is 2.30. The number of aromatic nitrogens is 2. The molecular weight excluding hydrogens is 270 g/mol. The molecule has 0 saturated carbocycles. The van der Waals surface area contributed by atoms with Crippen LogP contribution in [0.3, 0.4) is 0 Å². The van der Waals surface area contributed by atoms with Crippen molar-refractivity contribution in [3.05, 3.63) is 17.6 Å². The third kappa shape index (κ3) is 3.24. The van der Waals surface area contributed by atoms with Crippen LogP contribution >= 0.6 is 0 Å². The first-order chi connectivity index (χ1) is 10.1. The van der Waals surface area contributed by atoms with Gasteiger partial charge in [-0.25, -0.2) is 14.8 Å². The monoisotopic (exact) mass is 291 g/mol. The number of morpholine rings is 1. The van der Waals surface area contributed by atoms with Gasteiger partial charge in [0, 0.05) is 37.9 Å². The fourth-order valence-electron chi connectivity index (χ4n) is 2.65. The van der Waals surface area contributed by atoms with Crippen molar-refractivity contribution in [2.45, 2.75) is 19.9 Å². The highest BCUT2D eigenvalue weighted by Crippen LogP contribution is 2.19. The van der Waals surface area contributed by atoms with Crippen LogP contribution in [0.15, 0.2) is 6.07 Å². The van der Waals surface area contributed by atoms with E-state index < -0.39 is 0 Å². The molecular formula is C14H21N5O2. The summed E-state index contributed by atoms with van der Waals surface area (Å²) in [6.07, 6.45) is 0. The van der Waals surface area contributed by atoms with Gasteiger partial charge in [-0.05, 0) is 13.8 Å². The molecule has 3 heterocycles. The molecule has 2 amide bonds. The standard InChI is InChI=1S/C14H21N5O2/c1-10-7-13(16-11(2)15-10)19-8-12(9-19)17-14(20)18-3-5-21-6-4-18/h7,12H,3-6,8-9H2,1-2H3,(H,17,20). The Morgan fingerprint density at radius 2 is 2.00 bits per heavy atom. The fourth-order valence-corrected chi connectivity index (χ4v) is 2.65. The summed E-state index contributed by atoms with van der Waals surface area (Å²) in [6.45, 7) is 8.06. The molecule has 7 heteroatoms. The molecule has 0 bridgehead atoms. The summed E-state index contributed by atoms with van der Waals surface area (Å²) in [4.78, 5) is 24.7. The molecule has 2 aliphatic heterocycles. The second kappa shape index (κ2) is 5.85. The van der Waals surface area contributed by atoms with Gasteiger partial charge in [0.2, 0.25) is 0 Å². The molecule has 1 aromatic heterocycles. The average Bonchev–Trinajstić information content (AvgIpc) is 2.42. The summed E-state index contributed by atoms with van der Waals surface area (Å²) >= 11 is 0. The zero-order valence-corrected chi connectivity index (χ0v) is 12.5. The summed E-state index contributed by atoms with van der Waals surface area (Å²) in [5.41, 5.74) is 0.971. The Labute approximate surface area is 124 Å². The molecule has 0 aliphatic carbocycles. The molecule has 2 aliphatic rings. The SMILES string of the molecule is Cc1cc(N2CC(NC(=O)N3CCOCC3)C2)nc(C)n1. The Balaban J connectivity index is 1.50. The summed E-state index contributed by atoms with van der Waals surface area (Å²) < 4.78 is 5.25. The maximum atomic E-state index is 12.1. The average molecular weight is 291 g/mol. The smallest absolute Gasteiger partial charge is 0.317 e. The van der Waals surface area contributed by atoms with Crippen LogP contribution in [0.25, 0.3) is 0 Å². The van der Waals surface area contributed by atoms with Gasteiger partial charge in [0.25, 0.3) is 0 Å². The summed E-state index contributed by atoms with van der Waals surface area (Å²) in [5, 5.41) is 3.06. The lowest BCUT2D eigenvalue weighted by atomic mass is 10.1. The lowest BCUT2D eigenvalue weighted by Crippen LogP contribution is -2.62. The Morgan fingerprint density at radius 3 is 2.67 bits per heavy atom. The number of hydrogen-bond donors (Lipinski definition) is 1. The van der Waals surface area contributed by atoms with Crippen LogP contribution in [0, 0.1) is 13.8 Å². The Kier molecular flexibility index (Phi) is 3.92. The molecule has 2 saturated heterocycles. The zero-order valence-electron chi connectivity index (χ0n) is 12.5. The third-order valence-corrected chi connectivity index (χ3v) is 3.78. The minimum absolute atomic E-state index is 0.0120. The molecule has 0 spiro atoms. The maximum absolute atomic E-state index is 12.1. The van der Waals surface area contributed by atoms with E-state index in [1.54, 1.807) is 0 Å². The fraction of sp³-hybridized carbons (Fsp3) is 0.643. The largest absolute Gasteiger partial charge is 0.378 e. The van der Waals surface area contributed by atoms with Gasteiger partial charge >= 0.3 is 6.03 Å². The van der Waals surface area contributed by atoms with Crippen molar-refractivity contribution in [2.24, 2.45) is 0 Å². The van der Waals surface area contributed by atoms with E-state index in [1.165, 1.54) is 0 Å². The molecule has 0 unspecified atom stereocenters. The van der Waals surface area contributed by atoms with Crippen LogP contribution in [0.1, 0.15) is 11.5 Å². The van der Waals surface area contributed by atoms with Gasteiger partial charge in [-0.3, -0.25) is 0 Å². The van der Waals surface area contributed by atoms with Crippen molar-refractivity contribution in [1.29, 1.82) is 0 Å². The predicted molar refractivity (Wildman–Crippen MR) is 78.4 cm³/mol. The quantitative estimate of drug-likeness (QED) is 0.850. The minimum atomic E-state index is 0.0120. The molecule has 114 valence electrons. The van der Waals surface area contributed by atoms with Gasteiger partial charge in [-0.15, -0.1) is 0 Å². The molecule has 7 nitrogen and oxygen atoms in total. The van der Waals surface area contributed by atoms with Gasteiger partial charge in [0.1, 0.15) is 11.6 Å². The first-order valence-corrected chi connectivity index (χ1v) is 7.32. The number of urea groups is 1. The molecule has 0 atom stereocenters. The first kappa shape index (κ1) is 14.1. The first-order valence-electron chi connectivity index (χ1n) is 7.32. The second-order valence-corrected chi connectivity index (χ2v) is 5.57. The van der Waals surface area contributed by atoms with Crippen molar-refractivity contribution in [3.8, 4) is 0 Å². The second-order valence-electron chi connectivity index (χ2n) is 5.57. The van der Waals surface area contributed by atoms with Crippen LogP contribution in [0.5, 0.6) is 0 Å². The van der Waals surface area contributed by atoms with Gasteiger partial charge in [0.05, 0.1) is 19.3 Å². The van der Waals surface area contributed by atoms with E-state index in [1.807, 2.05) is 24.8 Å². The van der Waals surface area contributed by atoms with Crippen LogP contribution in [-0.2, 0) is 4.74 Å². The lowest BCUT2D eigenvalue weighted by Gasteiger charge is -2.41.